The van der Waals surface area contributed by atoms with Crippen LogP contribution in [-0.4, -0.2) is 16.8 Å². The molecule has 0 spiro atoms. The van der Waals surface area contributed by atoms with E-state index in [1.165, 1.54) is 44.2 Å². The van der Waals surface area contributed by atoms with Gasteiger partial charge in [0.2, 0.25) is 0 Å². The van der Waals surface area contributed by atoms with Crippen LogP contribution in [0.3, 0.4) is 0 Å². The van der Waals surface area contributed by atoms with Crippen molar-refractivity contribution in [3.05, 3.63) is 16.9 Å². The Morgan fingerprint density at radius 3 is 2.57 bits per heavy atom. The molecule has 1 saturated carbocycles. The first-order chi connectivity index (χ1) is 10.2. The summed E-state index contributed by atoms with van der Waals surface area (Å²) in [5.74, 6) is 1.63. The zero-order valence-corrected chi connectivity index (χ0v) is 14.5. The van der Waals surface area contributed by atoms with Crippen LogP contribution in [-0.2, 0) is 6.54 Å². The number of rotatable bonds is 7. The molecule has 0 aromatic carbocycles. The maximum absolute atomic E-state index is 6.43. The van der Waals surface area contributed by atoms with E-state index in [9.17, 15) is 0 Å². The first-order valence-electron chi connectivity index (χ1n) is 8.59. The molecule has 0 amide bonds. The standard InChI is InChI=1S/C17H30ClN3/c1-4-6-13-7-9-14(10-8-13)16(19-3)17-15(18)12-20-21(17)11-5-2/h12-14,16,19H,4-11H2,1-3H3. The van der Waals surface area contributed by atoms with Crippen molar-refractivity contribution >= 4 is 11.6 Å². The maximum Gasteiger partial charge on any atom is 0.0834 e. The Hall–Kier alpha value is -0.540. The van der Waals surface area contributed by atoms with Gasteiger partial charge in [-0.2, -0.15) is 5.10 Å². The summed E-state index contributed by atoms with van der Waals surface area (Å²) in [5, 5.41) is 8.79. The lowest BCUT2D eigenvalue weighted by Gasteiger charge is -2.34. The van der Waals surface area contributed by atoms with Gasteiger partial charge >= 0.3 is 0 Å². The van der Waals surface area contributed by atoms with E-state index in [2.05, 4.69) is 36.0 Å². The van der Waals surface area contributed by atoms with E-state index in [4.69, 9.17) is 11.6 Å². The molecule has 1 aromatic rings. The average Bonchev–Trinajstić information content (AvgIpc) is 2.84. The van der Waals surface area contributed by atoms with Crippen molar-refractivity contribution in [1.82, 2.24) is 15.1 Å². The molecule has 120 valence electrons. The largest absolute Gasteiger partial charge is 0.311 e. The van der Waals surface area contributed by atoms with Crippen LogP contribution in [0.5, 0.6) is 0 Å². The van der Waals surface area contributed by atoms with Gasteiger partial charge in [-0.05, 0) is 38.1 Å². The summed E-state index contributed by atoms with van der Waals surface area (Å²) in [7, 11) is 2.06. The van der Waals surface area contributed by atoms with Crippen molar-refractivity contribution in [2.75, 3.05) is 7.05 Å². The van der Waals surface area contributed by atoms with E-state index in [1.807, 2.05) is 0 Å². The zero-order valence-electron chi connectivity index (χ0n) is 13.7. The summed E-state index contributed by atoms with van der Waals surface area (Å²) in [4.78, 5) is 0. The van der Waals surface area contributed by atoms with E-state index in [-0.39, 0.29) is 0 Å². The molecular formula is C17H30ClN3. The highest BCUT2D eigenvalue weighted by molar-refractivity contribution is 6.31. The molecule has 0 bridgehead atoms. The predicted octanol–water partition coefficient (Wildman–Crippen LogP) is 4.81. The van der Waals surface area contributed by atoms with Gasteiger partial charge in [-0.15, -0.1) is 0 Å². The van der Waals surface area contributed by atoms with Crippen LogP contribution in [0.2, 0.25) is 5.02 Å². The first-order valence-corrected chi connectivity index (χ1v) is 8.97. The second-order valence-corrected chi connectivity index (χ2v) is 6.84. The van der Waals surface area contributed by atoms with Crippen molar-refractivity contribution in [1.29, 1.82) is 0 Å². The van der Waals surface area contributed by atoms with Crippen LogP contribution in [0.15, 0.2) is 6.20 Å². The van der Waals surface area contributed by atoms with Crippen LogP contribution in [0.4, 0.5) is 0 Å². The Morgan fingerprint density at radius 2 is 2.00 bits per heavy atom. The summed E-state index contributed by atoms with van der Waals surface area (Å²) < 4.78 is 2.10. The quantitative estimate of drug-likeness (QED) is 0.783. The molecule has 21 heavy (non-hydrogen) atoms. The monoisotopic (exact) mass is 311 g/mol. The summed E-state index contributed by atoms with van der Waals surface area (Å²) >= 11 is 6.43. The van der Waals surface area contributed by atoms with Crippen LogP contribution < -0.4 is 5.32 Å². The molecule has 0 radical (unpaired) electrons. The number of nitrogens with zero attached hydrogens (tertiary/aromatic N) is 2. The number of hydrogen-bond donors (Lipinski definition) is 1. The van der Waals surface area contributed by atoms with E-state index in [0.29, 0.717) is 12.0 Å². The molecule has 1 heterocycles. The fraction of sp³-hybridized carbons (Fsp3) is 0.824. The topological polar surface area (TPSA) is 29.9 Å². The van der Waals surface area contributed by atoms with Crippen LogP contribution in [0.1, 0.15) is 70.5 Å². The van der Waals surface area contributed by atoms with Gasteiger partial charge in [0.05, 0.1) is 23.0 Å². The lowest BCUT2D eigenvalue weighted by atomic mass is 9.76. The summed E-state index contributed by atoms with van der Waals surface area (Å²) in [6, 6.07) is 0.342. The third-order valence-electron chi connectivity index (χ3n) is 4.93. The van der Waals surface area contributed by atoms with Crippen molar-refractivity contribution in [2.24, 2.45) is 11.8 Å². The van der Waals surface area contributed by atoms with Gasteiger partial charge in [0.1, 0.15) is 0 Å². The highest BCUT2D eigenvalue weighted by Gasteiger charge is 2.30. The van der Waals surface area contributed by atoms with Gasteiger partial charge in [-0.25, -0.2) is 0 Å². The molecule has 1 N–H and O–H groups in total. The molecule has 1 fully saturated rings. The van der Waals surface area contributed by atoms with E-state index < -0.39 is 0 Å². The SMILES string of the molecule is CCCC1CCC(C(NC)c2c(Cl)cnn2CCC)CC1. The number of halogens is 1. The van der Waals surface area contributed by atoms with Crippen LogP contribution >= 0.6 is 11.6 Å². The zero-order chi connectivity index (χ0) is 15.2. The normalized spacial score (nSPS) is 24.2. The number of hydrogen-bond acceptors (Lipinski definition) is 2. The Labute approximate surface area is 134 Å². The Morgan fingerprint density at radius 1 is 1.29 bits per heavy atom. The highest BCUT2D eigenvalue weighted by atomic mass is 35.5. The van der Waals surface area contributed by atoms with E-state index in [1.54, 1.807) is 6.20 Å². The smallest absolute Gasteiger partial charge is 0.0834 e. The number of aryl methyl sites for hydroxylation is 1. The fourth-order valence-electron chi connectivity index (χ4n) is 3.89. The third-order valence-corrected chi connectivity index (χ3v) is 5.23. The lowest BCUT2D eigenvalue weighted by molar-refractivity contribution is 0.214. The minimum atomic E-state index is 0.342. The Bertz CT molecular complexity index is 422. The first kappa shape index (κ1) is 16.8. The maximum atomic E-state index is 6.43. The van der Waals surface area contributed by atoms with Crippen molar-refractivity contribution in [2.45, 2.75) is 71.4 Å². The molecule has 0 saturated heterocycles. The average molecular weight is 312 g/mol. The Balaban J connectivity index is 2.08. The van der Waals surface area contributed by atoms with Crippen LogP contribution in [0.25, 0.3) is 0 Å². The number of nitrogens with one attached hydrogen (secondary N) is 1. The molecular weight excluding hydrogens is 282 g/mol. The summed E-state index contributed by atoms with van der Waals surface area (Å²) in [5.41, 5.74) is 1.19. The molecule has 3 nitrogen and oxygen atoms in total. The van der Waals surface area contributed by atoms with Crippen molar-refractivity contribution in [3.63, 3.8) is 0 Å². The molecule has 1 aliphatic rings. The van der Waals surface area contributed by atoms with Gasteiger partial charge in [0.15, 0.2) is 0 Å². The highest BCUT2D eigenvalue weighted by Crippen LogP contribution is 2.39. The van der Waals surface area contributed by atoms with E-state index in [0.717, 1.165) is 23.9 Å². The number of aromatic nitrogens is 2. The Kier molecular flexibility index (Phi) is 6.56. The lowest BCUT2D eigenvalue weighted by Crippen LogP contribution is -2.31. The van der Waals surface area contributed by atoms with Gasteiger partial charge in [0, 0.05) is 6.54 Å². The van der Waals surface area contributed by atoms with Gasteiger partial charge in [-0.1, -0.05) is 51.1 Å². The molecule has 4 heteroatoms. The predicted molar refractivity (Wildman–Crippen MR) is 89.7 cm³/mol. The van der Waals surface area contributed by atoms with Crippen molar-refractivity contribution < 1.29 is 0 Å². The summed E-state index contributed by atoms with van der Waals surface area (Å²) in [6.45, 7) is 5.43. The minimum absolute atomic E-state index is 0.342. The molecule has 1 atom stereocenters. The molecule has 1 aliphatic carbocycles. The third kappa shape index (κ3) is 4.01. The van der Waals surface area contributed by atoms with Gasteiger partial charge < -0.3 is 5.32 Å². The molecule has 1 aromatic heterocycles. The second kappa shape index (κ2) is 8.19. The summed E-state index contributed by atoms with van der Waals surface area (Å²) in [6.07, 6.45) is 11.0. The van der Waals surface area contributed by atoms with Crippen LogP contribution in [0, 0.1) is 11.8 Å². The molecule has 2 rings (SSSR count). The van der Waals surface area contributed by atoms with Gasteiger partial charge in [0.25, 0.3) is 0 Å². The van der Waals surface area contributed by atoms with Crippen molar-refractivity contribution in [3.8, 4) is 0 Å². The van der Waals surface area contributed by atoms with Gasteiger partial charge in [-0.3, -0.25) is 4.68 Å². The second-order valence-electron chi connectivity index (χ2n) is 6.44. The van der Waals surface area contributed by atoms with E-state index >= 15 is 0 Å². The fourth-order valence-corrected chi connectivity index (χ4v) is 4.14. The molecule has 0 aliphatic heterocycles. The molecule has 1 unspecified atom stereocenters. The minimum Gasteiger partial charge on any atom is -0.311 e.